The minimum absolute atomic E-state index is 0.566. The van der Waals surface area contributed by atoms with Crippen LogP contribution in [-0.4, -0.2) is 28.2 Å². The van der Waals surface area contributed by atoms with Crippen molar-refractivity contribution in [1.82, 2.24) is 15.4 Å². The van der Waals surface area contributed by atoms with E-state index in [0.717, 1.165) is 41.0 Å². The van der Waals surface area contributed by atoms with Gasteiger partial charge in [0.2, 0.25) is 0 Å². The fourth-order valence-corrected chi connectivity index (χ4v) is 2.60. The molecule has 1 heterocycles. The van der Waals surface area contributed by atoms with Crippen LogP contribution < -0.4 is 10.2 Å². The molecule has 3 rings (SSSR count). The van der Waals surface area contributed by atoms with Crippen molar-refractivity contribution >= 4 is 23.0 Å². The lowest BCUT2D eigenvalue weighted by Crippen LogP contribution is -2.14. The molecule has 0 bridgehead atoms. The molecular weight excluding hydrogens is 318 g/mol. The summed E-state index contributed by atoms with van der Waals surface area (Å²) in [5.41, 5.74) is 5.39. The number of nitrogens with one attached hydrogen (secondary N) is 2. The van der Waals surface area contributed by atoms with Crippen molar-refractivity contribution in [1.29, 1.82) is 0 Å². The van der Waals surface area contributed by atoms with Crippen molar-refractivity contribution in [2.24, 2.45) is 0 Å². The van der Waals surface area contributed by atoms with Crippen LogP contribution in [0.4, 0.5) is 0 Å². The Bertz CT molecular complexity index is 915. The standard InChI is InChI=1S/C19H19N3O3/c1-25-15-4-2-3-13(11-15)6-9-18-20-16-8-5-14(12-17(16)21-18)7-10-19(23)22-24/h2-5,7-8,10-12,24H,6,9H2,1H3,(H,20,21)(H,22,23). The lowest BCUT2D eigenvalue weighted by atomic mass is 10.1. The number of H-pyrrole nitrogens is 1. The third kappa shape index (κ3) is 4.24. The van der Waals surface area contributed by atoms with E-state index in [0.29, 0.717) is 0 Å². The predicted molar refractivity (Wildman–Crippen MR) is 95.5 cm³/mol. The van der Waals surface area contributed by atoms with Crippen LogP contribution in [0.3, 0.4) is 0 Å². The number of ether oxygens (including phenoxy) is 1. The number of amides is 1. The van der Waals surface area contributed by atoms with Crippen LogP contribution in [0.25, 0.3) is 17.1 Å². The Balaban J connectivity index is 1.72. The average molecular weight is 337 g/mol. The van der Waals surface area contributed by atoms with Gasteiger partial charge in [0.05, 0.1) is 18.1 Å². The van der Waals surface area contributed by atoms with Crippen molar-refractivity contribution in [3.8, 4) is 5.75 Å². The van der Waals surface area contributed by atoms with Crippen molar-refractivity contribution < 1.29 is 14.7 Å². The molecule has 25 heavy (non-hydrogen) atoms. The van der Waals surface area contributed by atoms with E-state index in [-0.39, 0.29) is 0 Å². The van der Waals surface area contributed by atoms with Crippen LogP contribution in [0.2, 0.25) is 0 Å². The monoisotopic (exact) mass is 337 g/mol. The minimum Gasteiger partial charge on any atom is -0.497 e. The topological polar surface area (TPSA) is 87.2 Å². The summed E-state index contributed by atoms with van der Waals surface area (Å²) in [5, 5.41) is 8.50. The molecule has 0 spiro atoms. The number of nitrogens with zero attached hydrogens (tertiary/aromatic N) is 1. The maximum absolute atomic E-state index is 11.0. The van der Waals surface area contributed by atoms with Gasteiger partial charge in [-0.2, -0.15) is 0 Å². The number of aromatic nitrogens is 2. The lowest BCUT2D eigenvalue weighted by Gasteiger charge is -2.03. The van der Waals surface area contributed by atoms with Gasteiger partial charge in [-0.1, -0.05) is 18.2 Å². The highest BCUT2D eigenvalue weighted by Gasteiger charge is 2.05. The molecule has 0 unspecified atom stereocenters. The molecule has 0 aliphatic heterocycles. The average Bonchev–Trinajstić information content (AvgIpc) is 3.06. The Kier molecular flexibility index (Phi) is 5.11. The fourth-order valence-electron chi connectivity index (χ4n) is 2.60. The summed E-state index contributed by atoms with van der Waals surface area (Å²) in [4.78, 5) is 18.9. The van der Waals surface area contributed by atoms with Crippen LogP contribution in [0, 0.1) is 0 Å². The second-order valence-electron chi connectivity index (χ2n) is 5.62. The highest BCUT2D eigenvalue weighted by molar-refractivity contribution is 5.91. The fraction of sp³-hybridized carbons (Fsp3) is 0.158. The van der Waals surface area contributed by atoms with E-state index in [1.54, 1.807) is 18.7 Å². The van der Waals surface area contributed by atoms with Gasteiger partial charge >= 0.3 is 0 Å². The Morgan fingerprint density at radius 2 is 2.16 bits per heavy atom. The number of fused-ring (bicyclic) bond motifs is 1. The number of carbonyl (C=O) groups excluding carboxylic acids is 1. The van der Waals surface area contributed by atoms with Crippen molar-refractivity contribution in [3.05, 3.63) is 65.5 Å². The molecule has 0 saturated carbocycles. The molecule has 128 valence electrons. The van der Waals surface area contributed by atoms with Crippen molar-refractivity contribution in [3.63, 3.8) is 0 Å². The number of aromatic amines is 1. The van der Waals surface area contributed by atoms with Crippen molar-refractivity contribution in [2.45, 2.75) is 12.8 Å². The summed E-state index contributed by atoms with van der Waals surface area (Å²) in [5.74, 6) is 1.20. The molecule has 6 heteroatoms. The third-order valence-corrected chi connectivity index (χ3v) is 3.88. The summed E-state index contributed by atoms with van der Waals surface area (Å²) in [6.45, 7) is 0. The maximum atomic E-state index is 11.0. The molecule has 1 aromatic heterocycles. The highest BCUT2D eigenvalue weighted by Crippen LogP contribution is 2.17. The van der Waals surface area contributed by atoms with Gasteiger partial charge in [-0.25, -0.2) is 10.5 Å². The van der Waals surface area contributed by atoms with Gasteiger partial charge in [0.25, 0.3) is 5.91 Å². The number of methoxy groups -OCH3 is 1. The SMILES string of the molecule is COc1cccc(CCc2nc3ccc(C=CC(=O)NO)cc3[nH]2)c1. The Labute approximate surface area is 145 Å². The highest BCUT2D eigenvalue weighted by atomic mass is 16.5. The summed E-state index contributed by atoms with van der Waals surface area (Å²) in [6.07, 6.45) is 4.55. The van der Waals surface area contributed by atoms with Crippen LogP contribution in [0.5, 0.6) is 5.75 Å². The number of aryl methyl sites for hydroxylation is 2. The third-order valence-electron chi connectivity index (χ3n) is 3.88. The van der Waals surface area contributed by atoms with Crippen LogP contribution >= 0.6 is 0 Å². The largest absolute Gasteiger partial charge is 0.497 e. The maximum Gasteiger partial charge on any atom is 0.267 e. The Morgan fingerprint density at radius 1 is 1.28 bits per heavy atom. The normalized spacial score (nSPS) is 11.1. The van der Waals surface area contributed by atoms with E-state index < -0.39 is 5.91 Å². The van der Waals surface area contributed by atoms with Crippen molar-refractivity contribution in [2.75, 3.05) is 7.11 Å². The van der Waals surface area contributed by atoms with Gasteiger partial charge in [-0.15, -0.1) is 0 Å². The molecule has 0 fully saturated rings. The number of hydrogen-bond donors (Lipinski definition) is 3. The van der Waals surface area contributed by atoms with Gasteiger partial charge in [0, 0.05) is 12.5 Å². The molecule has 1 amide bonds. The van der Waals surface area contributed by atoms with E-state index in [9.17, 15) is 4.79 Å². The number of benzene rings is 2. The molecule has 0 saturated heterocycles. The molecule has 0 aliphatic rings. The van der Waals surface area contributed by atoms with Gasteiger partial charge in [-0.3, -0.25) is 10.0 Å². The van der Waals surface area contributed by atoms with Crippen LogP contribution in [0.15, 0.2) is 48.5 Å². The summed E-state index contributed by atoms with van der Waals surface area (Å²) < 4.78 is 5.24. The van der Waals surface area contributed by atoms with E-state index in [1.807, 2.05) is 36.4 Å². The Morgan fingerprint density at radius 3 is 2.96 bits per heavy atom. The predicted octanol–water partition coefficient (Wildman–Crippen LogP) is 2.88. The van der Waals surface area contributed by atoms with Gasteiger partial charge in [-0.05, 0) is 47.9 Å². The molecule has 3 aromatic rings. The van der Waals surface area contributed by atoms with E-state index in [1.165, 1.54) is 11.6 Å². The first-order valence-corrected chi connectivity index (χ1v) is 7.91. The quantitative estimate of drug-likeness (QED) is 0.367. The summed E-state index contributed by atoms with van der Waals surface area (Å²) >= 11 is 0. The molecule has 2 aromatic carbocycles. The number of imidazole rings is 1. The molecule has 3 N–H and O–H groups in total. The lowest BCUT2D eigenvalue weighted by molar-refractivity contribution is -0.124. The zero-order chi connectivity index (χ0) is 17.6. The van der Waals surface area contributed by atoms with E-state index in [2.05, 4.69) is 16.0 Å². The molecular formula is C19H19N3O3. The second kappa shape index (κ2) is 7.63. The molecule has 0 aliphatic carbocycles. The first-order chi connectivity index (χ1) is 12.2. The molecule has 0 radical (unpaired) electrons. The number of hydrogen-bond acceptors (Lipinski definition) is 4. The molecule has 6 nitrogen and oxygen atoms in total. The Hall–Kier alpha value is -3.12. The zero-order valence-electron chi connectivity index (χ0n) is 13.8. The number of hydroxylamine groups is 1. The molecule has 0 atom stereocenters. The smallest absolute Gasteiger partial charge is 0.267 e. The van der Waals surface area contributed by atoms with Gasteiger partial charge in [0.15, 0.2) is 0 Å². The first kappa shape index (κ1) is 16.7. The second-order valence-corrected chi connectivity index (χ2v) is 5.62. The summed E-state index contributed by atoms with van der Waals surface area (Å²) in [6, 6.07) is 13.7. The van der Waals surface area contributed by atoms with Gasteiger partial charge in [0.1, 0.15) is 11.6 Å². The van der Waals surface area contributed by atoms with Crippen LogP contribution in [-0.2, 0) is 17.6 Å². The van der Waals surface area contributed by atoms with E-state index in [4.69, 9.17) is 9.94 Å². The minimum atomic E-state index is -0.566. The number of rotatable bonds is 6. The van der Waals surface area contributed by atoms with Gasteiger partial charge < -0.3 is 9.72 Å². The zero-order valence-corrected chi connectivity index (χ0v) is 13.8. The van der Waals surface area contributed by atoms with Crippen LogP contribution in [0.1, 0.15) is 17.0 Å². The first-order valence-electron chi connectivity index (χ1n) is 7.91. The van der Waals surface area contributed by atoms with E-state index >= 15 is 0 Å². The summed E-state index contributed by atoms with van der Waals surface area (Å²) in [7, 11) is 1.66. The number of carbonyl (C=O) groups is 1.